The van der Waals surface area contributed by atoms with Gasteiger partial charge in [-0.2, -0.15) is 0 Å². The van der Waals surface area contributed by atoms with Crippen LogP contribution < -0.4 is 4.90 Å². The van der Waals surface area contributed by atoms with Crippen LogP contribution in [0.25, 0.3) is 0 Å². The van der Waals surface area contributed by atoms with Crippen molar-refractivity contribution in [2.75, 3.05) is 18.0 Å². The van der Waals surface area contributed by atoms with Gasteiger partial charge in [-0.1, -0.05) is 6.92 Å². The van der Waals surface area contributed by atoms with Crippen LogP contribution in [-0.2, 0) is 0 Å². The third-order valence-corrected chi connectivity index (χ3v) is 3.69. The van der Waals surface area contributed by atoms with Crippen molar-refractivity contribution >= 4 is 17.3 Å². The average molecular weight is 280 g/mol. The van der Waals surface area contributed by atoms with Gasteiger partial charge in [0, 0.05) is 24.8 Å². The van der Waals surface area contributed by atoms with Crippen LogP contribution in [0.5, 0.6) is 0 Å². The molecule has 0 aromatic heterocycles. The maximum atomic E-state index is 11.0. The van der Waals surface area contributed by atoms with E-state index in [0.29, 0.717) is 18.8 Å². The second kappa shape index (κ2) is 5.46. The van der Waals surface area contributed by atoms with Gasteiger partial charge in [-0.05, 0) is 24.5 Å². The zero-order valence-corrected chi connectivity index (χ0v) is 11.0. The number of piperidine rings is 1. The third-order valence-electron chi connectivity index (χ3n) is 3.69. The number of rotatable bonds is 3. The average Bonchev–Trinajstić information content (AvgIpc) is 2.41. The van der Waals surface area contributed by atoms with Crippen molar-refractivity contribution in [2.45, 2.75) is 19.4 Å². The zero-order chi connectivity index (χ0) is 14.9. The van der Waals surface area contributed by atoms with Gasteiger partial charge in [0.1, 0.15) is 5.56 Å². The van der Waals surface area contributed by atoms with E-state index in [-0.39, 0.29) is 11.5 Å². The van der Waals surface area contributed by atoms with Gasteiger partial charge in [0.15, 0.2) is 0 Å². The highest BCUT2D eigenvalue weighted by Crippen LogP contribution is 2.29. The molecule has 2 N–H and O–H groups in total. The fourth-order valence-electron chi connectivity index (χ4n) is 2.33. The largest absolute Gasteiger partial charge is 0.477 e. The normalized spacial score (nSPS) is 22.6. The van der Waals surface area contributed by atoms with Crippen LogP contribution in [0, 0.1) is 16.0 Å². The topological polar surface area (TPSA) is 104 Å². The second-order valence-electron chi connectivity index (χ2n) is 5.04. The van der Waals surface area contributed by atoms with Crippen LogP contribution in [0.3, 0.4) is 0 Å². The Morgan fingerprint density at radius 2 is 2.20 bits per heavy atom. The van der Waals surface area contributed by atoms with Crippen LogP contribution in [0.15, 0.2) is 18.2 Å². The molecule has 1 aromatic rings. The van der Waals surface area contributed by atoms with Crippen molar-refractivity contribution in [3.63, 3.8) is 0 Å². The molecule has 2 unspecified atom stereocenters. The maximum Gasteiger partial charge on any atom is 0.342 e. The van der Waals surface area contributed by atoms with Crippen LogP contribution in [-0.4, -0.2) is 40.3 Å². The lowest BCUT2D eigenvalue weighted by Crippen LogP contribution is -2.42. The molecule has 1 aliphatic heterocycles. The number of nitrogens with zero attached hydrogens (tertiary/aromatic N) is 2. The number of β-amino-alcohol motifs (C(OH)–C–C–N with tert-alkyl or cyclic N) is 1. The summed E-state index contributed by atoms with van der Waals surface area (Å²) in [4.78, 5) is 23.0. The highest BCUT2D eigenvalue weighted by Gasteiger charge is 2.27. The van der Waals surface area contributed by atoms with Crippen molar-refractivity contribution in [3.8, 4) is 0 Å². The number of carboxylic acids is 1. The smallest absolute Gasteiger partial charge is 0.342 e. The molecule has 7 heteroatoms. The minimum Gasteiger partial charge on any atom is -0.477 e. The molecule has 2 atom stereocenters. The number of aromatic carboxylic acids is 1. The van der Waals surface area contributed by atoms with E-state index >= 15 is 0 Å². The fraction of sp³-hybridized carbons (Fsp3) is 0.462. The molecule has 7 nitrogen and oxygen atoms in total. The van der Waals surface area contributed by atoms with E-state index in [1.54, 1.807) is 6.07 Å². The van der Waals surface area contributed by atoms with Gasteiger partial charge in [-0.3, -0.25) is 10.1 Å². The van der Waals surface area contributed by atoms with Crippen LogP contribution in [0.2, 0.25) is 0 Å². The summed E-state index contributed by atoms with van der Waals surface area (Å²) in [6.45, 7) is 3.03. The number of nitro groups is 1. The lowest BCUT2D eigenvalue weighted by atomic mass is 9.95. The summed E-state index contributed by atoms with van der Waals surface area (Å²) in [5.41, 5.74) is -0.194. The summed E-state index contributed by atoms with van der Waals surface area (Å²) in [6.07, 6.45) is 0.303. The molecule has 1 aromatic carbocycles. The van der Waals surface area contributed by atoms with Crippen LogP contribution in [0.1, 0.15) is 23.7 Å². The molecular formula is C13H16N2O5. The molecule has 0 amide bonds. The number of benzene rings is 1. The number of hydrogen-bond donors (Lipinski definition) is 2. The second-order valence-corrected chi connectivity index (χ2v) is 5.04. The van der Waals surface area contributed by atoms with Crippen molar-refractivity contribution < 1.29 is 19.9 Å². The first kappa shape index (κ1) is 14.3. The number of carbonyl (C=O) groups is 1. The number of carboxylic acid groups (broad SMARTS) is 1. The van der Waals surface area contributed by atoms with Gasteiger partial charge in [0.25, 0.3) is 5.69 Å². The minimum absolute atomic E-state index is 0.194. The first-order chi connectivity index (χ1) is 9.40. The van der Waals surface area contributed by atoms with Gasteiger partial charge in [0.2, 0.25) is 0 Å². The Balaban J connectivity index is 2.32. The Labute approximate surface area is 115 Å². The Kier molecular flexibility index (Phi) is 3.89. The summed E-state index contributed by atoms with van der Waals surface area (Å²) in [6, 6.07) is 4.03. The number of nitro benzene ring substituents is 1. The maximum absolute atomic E-state index is 11.0. The molecule has 20 heavy (non-hydrogen) atoms. The minimum atomic E-state index is -1.32. The van der Waals surface area contributed by atoms with E-state index in [4.69, 9.17) is 5.11 Å². The van der Waals surface area contributed by atoms with Gasteiger partial charge >= 0.3 is 5.97 Å². The molecule has 2 rings (SSSR count). The zero-order valence-electron chi connectivity index (χ0n) is 11.0. The quantitative estimate of drug-likeness (QED) is 0.642. The summed E-state index contributed by atoms with van der Waals surface area (Å²) in [7, 11) is 0. The van der Waals surface area contributed by atoms with Gasteiger partial charge in [0.05, 0.1) is 11.0 Å². The van der Waals surface area contributed by atoms with E-state index < -0.39 is 22.7 Å². The molecule has 0 saturated carbocycles. The van der Waals surface area contributed by atoms with Crippen molar-refractivity contribution in [1.29, 1.82) is 0 Å². The van der Waals surface area contributed by atoms with Gasteiger partial charge in [-0.15, -0.1) is 0 Å². The van der Waals surface area contributed by atoms with Gasteiger partial charge < -0.3 is 15.1 Å². The van der Waals surface area contributed by atoms with E-state index in [0.717, 1.165) is 6.42 Å². The van der Waals surface area contributed by atoms with Crippen molar-refractivity contribution in [3.05, 3.63) is 33.9 Å². The number of aliphatic hydroxyl groups excluding tert-OH is 1. The predicted molar refractivity (Wildman–Crippen MR) is 72.1 cm³/mol. The standard InChI is InChI=1S/C13H16N2O5/c1-8-4-5-14(7-12(8)16)9-2-3-10(13(17)18)11(6-9)15(19)20/h2-3,6,8,12,16H,4-5,7H2,1H3,(H,17,18). The van der Waals surface area contributed by atoms with Crippen molar-refractivity contribution in [1.82, 2.24) is 0 Å². The molecule has 0 radical (unpaired) electrons. The Hall–Kier alpha value is -2.15. The number of anilines is 1. The summed E-state index contributed by atoms with van der Waals surface area (Å²) in [5, 5.41) is 29.7. The summed E-state index contributed by atoms with van der Waals surface area (Å²) < 4.78 is 0. The predicted octanol–water partition coefficient (Wildman–Crippen LogP) is 1.50. The van der Waals surface area contributed by atoms with Crippen molar-refractivity contribution in [2.24, 2.45) is 5.92 Å². The molecule has 0 aliphatic carbocycles. The Bertz CT molecular complexity index is 546. The lowest BCUT2D eigenvalue weighted by molar-refractivity contribution is -0.385. The SMILES string of the molecule is CC1CCN(c2ccc(C(=O)O)c([N+](=O)[O-])c2)CC1O. The summed E-state index contributed by atoms with van der Waals surface area (Å²) >= 11 is 0. The highest BCUT2D eigenvalue weighted by atomic mass is 16.6. The van der Waals surface area contributed by atoms with E-state index in [9.17, 15) is 20.0 Å². The molecule has 1 aliphatic rings. The Morgan fingerprint density at radius 3 is 2.75 bits per heavy atom. The van der Waals surface area contributed by atoms with E-state index in [1.807, 2.05) is 11.8 Å². The lowest BCUT2D eigenvalue weighted by Gasteiger charge is -2.35. The fourth-order valence-corrected chi connectivity index (χ4v) is 2.33. The first-order valence-electron chi connectivity index (χ1n) is 6.35. The van der Waals surface area contributed by atoms with E-state index in [1.165, 1.54) is 12.1 Å². The number of hydrogen-bond acceptors (Lipinski definition) is 5. The van der Waals surface area contributed by atoms with Crippen LogP contribution >= 0.6 is 0 Å². The molecular weight excluding hydrogens is 264 g/mol. The van der Waals surface area contributed by atoms with Gasteiger partial charge in [-0.25, -0.2) is 4.79 Å². The molecule has 0 spiro atoms. The first-order valence-corrected chi connectivity index (χ1v) is 6.35. The van der Waals surface area contributed by atoms with E-state index in [2.05, 4.69) is 0 Å². The van der Waals surface area contributed by atoms with Crippen LogP contribution in [0.4, 0.5) is 11.4 Å². The molecule has 1 heterocycles. The molecule has 1 fully saturated rings. The molecule has 0 bridgehead atoms. The Morgan fingerprint density at radius 1 is 1.50 bits per heavy atom. The third kappa shape index (κ3) is 2.72. The molecule has 108 valence electrons. The molecule has 1 saturated heterocycles. The highest BCUT2D eigenvalue weighted by molar-refractivity contribution is 5.93. The monoisotopic (exact) mass is 280 g/mol. The summed E-state index contributed by atoms with van der Waals surface area (Å²) in [5.74, 6) is -1.13. The number of aliphatic hydroxyl groups is 1.